The number of carbonyl (C=O) groups excluding carboxylic acids is 2. The van der Waals surface area contributed by atoms with Gasteiger partial charge in [0.15, 0.2) is 16.6 Å². The lowest BCUT2D eigenvalue weighted by molar-refractivity contribution is -0.149. The van der Waals surface area contributed by atoms with E-state index in [0.29, 0.717) is 26.3 Å². The summed E-state index contributed by atoms with van der Waals surface area (Å²) in [7, 11) is -3.80. The molecule has 8 heteroatoms. The summed E-state index contributed by atoms with van der Waals surface area (Å²) in [5.41, 5.74) is 0. The Bertz CT molecular complexity index is 675. The van der Waals surface area contributed by atoms with Gasteiger partial charge < -0.3 is 18.5 Å². The van der Waals surface area contributed by atoms with E-state index >= 15 is 0 Å². The minimum absolute atomic E-state index is 0.0454. The van der Waals surface area contributed by atoms with Gasteiger partial charge in [0, 0.05) is 19.5 Å². The zero-order valence-corrected chi connectivity index (χ0v) is 26.3. The molecule has 0 fully saturated rings. The highest BCUT2D eigenvalue weighted by Crippen LogP contribution is 2.37. The van der Waals surface area contributed by atoms with Gasteiger partial charge >= 0.3 is 5.97 Å². The van der Waals surface area contributed by atoms with Crippen molar-refractivity contribution in [2.75, 3.05) is 26.3 Å². The monoisotopic (exact) mass is 527 g/mol. The van der Waals surface area contributed by atoms with Gasteiger partial charge in [-0.1, -0.05) is 47.6 Å². The molecule has 0 aromatic rings. The van der Waals surface area contributed by atoms with Crippen LogP contribution < -0.4 is 0 Å². The van der Waals surface area contributed by atoms with Gasteiger partial charge in [-0.3, -0.25) is 9.59 Å². The smallest absolute Gasteiger partial charge is 0.306 e. The van der Waals surface area contributed by atoms with E-state index in [4.69, 9.17) is 13.6 Å². The summed E-state index contributed by atoms with van der Waals surface area (Å²) >= 11 is 0. The van der Waals surface area contributed by atoms with Gasteiger partial charge in [-0.15, -0.1) is 0 Å². The number of allylic oxidation sites excluding steroid dienone is 1. The third kappa shape index (κ3) is 11.3. The van der Waals surface area contributed by atoms with Crippen LogP contribution in [0.3, 0.4) is 0 Å². The topological polar surface area (TPSA) is 65.1 Å². The molecule has 1 aliphatic rings. The normalized spacial score (nSPS) is 17.7. The maximum absolute atomic E-state index is 13.1. The van der Waals surface area contributed by atoms with E-state index in [2.05, 4.69) is 73.8 Å². The van der Waals surface area contributed by atoms with Gasteiger partial charge in [0.2, 0.25) is 5.91 Å². The molecule has 0 radical (unpaired) electrons. The van der Waals surface area contributed by atoms with Gasteiger partial charge in [-0.2, -0.15) is 0 Å². The fourth-order valence-corrected chi connectivity index (χ4v) is 5.33. The summed E-state index contributed by atoms with van der Waals surface area (Å²) in [6, 6.07) is 0. The Morgan fingerprint density at radius 3 is 1.86 bits per heavy atom. The molecule has 1 unspecified atom stereocenters. The molecule has 204 valence electrons. The molecular formula is C27H53NO5Si2. The number of esters is 1. The van der Waals surface area contributed by atoms with Crippen molar-refractivity contribution in [3.8, 4) is 0 Å². The van der Waals surface area contributed by atoms with Crippen molar-refractivity contribution in [2.45, 2.75) is 122 Å². The van der Waals surface area contributed by atoms with Crippen molar-refractivity contribution in [1.82, 2.24) is 4.90 Å². The highest BCUT2D eigenvalue weighted by molar-refractivity contribution is 6.74. The second kappa shape index (κ2) is 13.5. The Balaban J connectivity index is 2.69. The van der Waals surface area contributed by atoms with Gasteiger partial charge in [-0.25, -0.2) is 0 Å². The fraction of sp³-hybridized carbons (Fsp3) is 0.852. The van der Waals surface area contributed by atoms with E-state index in [9.17, 15) is 9.59 Å². The Morgan fingerprint density at radius 1 is 0.857 bits per heavy atom. The molecule has 0 N–H and O–H groups in total. The van der Waals surface area contributed by atoms with Crippen molar-refractivity contribution in [3.05, 3.63) is 12.2 Å². The molecule has 35 heavy (non-hydrogen) atoms. The Hall–Kier alpha value is -0.966. The van der Waals surface area contributed by atoms with Crippen LogP contribution in [0.1, 0.15) is 80.1 Å². The molecule has 0 saturated heterocycles. The zero-order valence-electron chi connectivity index (χ0n) is 24.3. The van der Waals surface area contributed by atoms with Crippen molar-refractivity contribution in [1.29, 1.82) is 0 Å². The predicted octanol–water partition coefficient (Wildman–Crippen LogP) is 6.68. The first-order chi connectivity index (χ1) is 16.0. The minimum atomic E-state index is -1.90. The molecule has 6 nitrogen and oxygen atoms in total. The predicted molar refractivity (Wildman–Crippen MR) is 150 cm³/mol. The van der Waals surface area contributed by atoms with Crippen LogP contribution in [0.2, 0.25) is 36.3 Å². The van der Waals surface area contributed by atoms with E-state index in [1.807, 2.05) is 6.08 Å². The molecule has 1 rings (SSSR count). The first-order valence-electron chi connectivity index (χ1n) is 13.4. The molecule has 1 amide bonds. The molecule has 1 atom stereocenters. The van der Waals surface area contributed by atoms with Crippen LogP contribution in [0.4, 0.5) is 0 Å². The third-order valence-electron chi connectivity index (χ3n) is 7.90. The summed E-state index contributed by atoms with van der Waals surface area (Å²) in [5.74, 6) is -0.346. The summed E-state index contributed by atoms with van der Waals surface area (Å²) in [5, 5.41) is 0.229. The highest BCUT2D eigenvalue weighted by atomic mass is 28.4. The summed E-state index contributed by atoms with van der Waals surface area (Å²) in [6.45, 7) is 24.2. The van der Waals surface area contributed by atoms with Crippen molar-refractivity contribution in [3.63, 3.8) is 0 Å². The summed E-state index contributed by atoms with van der Waals surface area (Å²) in [4.78, 5) is 27.3. The van der Waals surface area contributed by atoms with E-state index in [1.165, 1.54) is 0 Å². The maximum Gasteiger partial charge on any atom is 0.306 e. The lowest BCUT2D eigenvalue weighted by atomic mass is 10.2. The summed E-state index contributed by atoms with van der Waals surface area (Å²) < 4.78 is 18.2. The molecule has 0 spiro atoms. The Morgan fingerprint density at radius 2 is 1.37 bits per heavy atom. The molecule has 0 aromatic carbocycles. The van der Waals surface area contributed by atoms with E-state index < -0.39 is 16.6 Å². The molecule has 0 saturated carbocycles. The molecule has 1 aliphatic carbocycles. The lowest BCUT2D eigenvalue weighted by Gasteiger charge is -2.38. The first kappa shape index (κ1) is 32.1. The minimum Gasteiger partial charge on any atom is -0.458 e. The highest BCUT2D eigenvalue weighted by Gasteiger charge is 2.38. The van der Waals surface area contributed by atoms with Crippen molar-refractivity contribution >= 4 is 28.5 Å². The van der Waals surface area contributed by atoms with Crippen LogP contribution in [0.25, 0.3) is 0 Å². The number of carbonyl (C=O) groups is 2. The number of hydrogen-bond acceptors (Lipinski definition) is 5. The maximum atomic E-state index is 13.1. The van der Waals surface area contributed by atoms with Crippen molar-refractivity contribution in [2.24, 2.45) is 0 Å². The van der Waals surface area contributed by atoms with Crippen LogP contribution in [-0.2, 0) is 23.2 Å². The van der Waals surface area contributed by atoms with Crippen molar-refractivity contribution < 1.29 is 23.2 Å². The average Bonchev–Trinajstić information content (AvgIpc) is 2.97. The summed E-state index contributed by atoms with van der Waals surface area (Å²) in [6.07, 6.45) is 8.24. The van der Waals surface area contributed by atoms with Gasteiger partial charge in [0.25, 0.3) is 0 Å². The van der Waals surface area contributed by atoms with Crippen LogP contribution in [-0.4, -0.2) is 65.8 Å². The number of nitrogens with zero attached hydrogens (tertiary/aromatic N) is 1. The van der Waals surface area contributed by atoms with E-state index in [0.717, 1.165) is 25.7 Å². The second-order valence-corrected chi connectivity index (χ2v) is 22.5. The number of rotatable bonds is 12. The lowest BCUT2D eigenvalue weighted by Crippen LogP contribution is -2.46. The fourth-order valence-electron chi connectivity index (χ4n) is 3.26. The first-order valence-corrected chi connectivity index (χ1v) is 19.2. The molecule has 0 bridgehead atoms. The molecule has 0 heterocycles. The van der Waals surface area contributed by atoms with Crippen LogP contribution in [0.15, 0.2) is 12.2 Å². The Labute approximate surface area is 217 Å². The number of hydrogen-bond donors (Lipinski definition) is 0. The average molecular weight is 528 g/mol. The van der Waals surface area contributed by atoms with Crippen LogP contribution in [0, 0.1) is 0 Å². The second-order valence-electron chi connectivity index (χ2n) is 12.8. The van der Waals surface area contributed by atoms with Crippen LogP contribution in [0.5, 0.6) is 0 Å². The molecule has 0 aliphatic heterocycles. The van der Waals surface area contributed by atoms with Crippen LogP contribution >= 0.6 is 0 Å². The third-order valence-corrected chi connectivity index (χ3v) is 17.0. The SMILES string of the molecule is CC(C)(C)[Si](C)(C)OCCN(CCO[Si](C)(C)C(C)(C)C)C(=O)CCC(=O)OC1C=CCCCC1. The standard InChI is InChI=1S/C27H53NO5Si2/c1-26(2,3)34(7,8)31-21-19-28(20-22-32-35(9,10)27(4,5)6)24(29)17-18-25(30)33-23-15-13-11-12-14-16-23/h13,15,23H,11-12,14,16-22H2,1-10H3. The number of ether oxygens (including phenoxy) is 1. The molecule has 0 aromatic heterocycles. The van der Waals surface area contributed by atoms with Gasteiger partial charge in [0.05, 0.1) is 19.6 Å². The number of amides is 1. The van der Waals surface area contributed by atoms with Gasteiger partial charge in [-0.05, 0) is 68.0 Å². The quantitative estimate of drug-likeness (QED) is 0.161. The zero-order chi connectivity index (χ0) is 26.9. The largest absolute Gasteiger partial charge is 0.458 e. The van der Waals surface area contributed by atoms with Gasteiger partial charge in [0.1, 0.15) is 6.10 Å². The molecular weight excluding hydrogens is 474 g/mol. The Kier molecular flexibility index (Phi) is 12.4. The van der Waals surface area contributed by atoms with E-state index in [-0.39, 0.29) is 40.9 Å². The van der Waals surface area contributed by atoms with E-state index in [1.54, 1.807) is 4.90 Å².